The first-order valence-electron chi connectivity index (χ1n) is 5.22. The molecule has 0 saturated carbocycles. The van der Waals surface area contributed by atoms with Gasteiger partial charge in [0.05, 0.1) is 10.6 Å². The van der Waals surface area contributed by atoms with Gasteiger partial charge in [-0.25, -0.2) is 4.98 Å². The Hall–Kier alpha value is -1.13. The summed E-state index contributed by atoms with van der Waals surface area (Å²) < 4.78 is 0. The molecule has 1 atom stereocenters. The molecule has 4 nitrogen and oxygen atoms in total. The van der Waals surface area contributed by atoms with Gasteiger partial charge in [-0.1, -0.05) is 18.5 Å². The molecule has 0 bridgehead atoms. The number of anilines is 1. The van der Waals surface area contributed by atoms with E-state index < -0.39 is 0 Å². The molecular formula is C11H16ClN3O. The fourth-order valence-corrected chi connectivity index (χ4v) is 1.64. The van der Waals surface area contributed by atoms with Gasteiger partial charge >= 0.3 is 0 Å². The summed E-state index contributed by atoms with van der Waals surface area (Å²) in [6, 6.07) is 1.68. The van der Waals surface area contributed by atoms with E-state index >= 15 is 0 Å². The Morgan fingerprint density at radius 2 is 2.38 bits per heavy atom. The Labute approximate surface area is 100 Å². The number of pyridine rings is 1. The fourth-order valence-electron chi connectivity index (χ4n) is 1.48. The molecule has 1 aromatic rings. The Bertz CT molecular complexity index is 381. The summed E-state index contributed by atoms with van der Waals surface area (Å²) in [5.74, 6) is 0.194. The van der Waals surface area contributed by atoms with Crippen LogP contribution in [0.5, 0.6) is 0 Å². The van der Waals surface area contributed by atoms with Crippen LogP contribution in [0.15, 0.2) is 12.3 Å². The molecule has 0 aromatic carbocycles. The van der Waals surface area contributed by atoms with Crippen LogP contribution in [-0.4, -0.2) is 23.4 Å². The maximum absolute atomic E-state index is 11.9. The molecule has 5 heteroatoms. The average Bonchev–Trinajstić information content (AvgIpc) is 2.21. The fraction of sp³-hybridized carbons (Fsp3) is 0.455. The number of nitrogen functional groups attached to an aromatic ring is 1. The molecule has 16 heavy (non-hydrogen) atoms. The van der Waals surface area contributed by atoms with Gasteiger partial charge in [-0.05, 0) is 19.5 Å². The largest absolute Gasteiger partial charge is 0.383 e. The highest BCUT2D eigenvalue weighted by atomic mass is 35.5. The first-order chi connectivity index (χ1) is 7.54. The molecule has 1 rings (SSSR count). The first-order valence-corrected chi connectivity index (χ1v) is 5.60. The number of halogens is 1. The van der Waals surface area contributed by atoms with E-state index in [1.165, 1.54) is 6.20 Å². The number of carbonyl (C=O) groups is 1. The van der Waals surface area contributed by atoms with Crippen LogP contribution in [0.2, 0.25) is 5.02 Å². The third kappa shape index (κ3) is 3.47. The van der Waals surface area contributed by atoms with Crippen LogP contribution in [0, 0.1) is 0 Å². The highest BCUT2D eigenvalue weighted by Gasteiger charge is 2.14. The normalized spacial score (nSPS) is 12.4. The molecule has 0 radical (unpaired) electrons. The molecular weight excluding hydrogens is 226 g/mol. The van der Waals surface area contributed by atoms with E-state index in [0.29, 0.717) is 17.0 Å². The van der Waals surface area contributed by atoms with Gasteiger partial charge in [-0.3, -0.25) is 4.79 Å². The third-order valence-electron chi connectivity index (χ3n) is 2.23. The standard InChI is InChI=1S/C11H16ClN3O/c1-3-14-7(2)4-10(16)9-5-8(12)6-15-11(9)13/h5-7,14H,3-4H2,1-2H3,(H2,13,15). The van der Waals surface area contributed by atoms with Crippen molar-refractivity contribution in [3.8, 4) is 0 Å². The summed E-state index contributed by atoms with van der Waals surface area (Å²) in [6.07, 6.45) is 1.82. The van der Waals surface area contributed by atoms with Crippen molar-refractivity contribution in [3.63, 3.8) is 0 Å². The van der Waals surface area contributed by atoms with Crippen LogP contribution in [0.1, 0.15) is 30.6 Å². The minimum atomic E-state index is -0.0408. The van der Waals surface area contributed by atoms with Crippen LogP contribution in [0.3, 0.4) is 0 Å². The number of Topliss-reactive ketones (excluding diaryl/α,β-unsaturated/α-hetero) is 1. The molecule has 0 spiro atoms. The van der Waals surface area contributed by atoms with Crippen molar-refractivity contribution >= 4 is 23.2 Å². The monoisotopic (exact) mass is 241 g/mol. The summed E-state index contributed by atoms with van der Waals surface area (Å²) in [5, 5.41) is 3.59. The molecule has 1 heterocycles. The van der Waals surface area contributed by atoms with Gasteiger partial charge in [0.1, 0.15) is 5.82 Å². The van der Waals surface area contributed by atoms with E-state index in [1.807, 2.05) is 13.8 Å². The number of nitrogens with one attached hydrogen (secondary N) is 1. The van der Waals surface area contributed by atoms with Gasteiger partial charge in [0.15, 0.2) is 5.78 Å². The zero-order valence-electron chi connectivity index (χ0n) is 9.46. The van der Waals surface area contributed by atoms with Gasteiger partial charge in [0.25, 0.3) is 0 Å². The van der Waals surface area contributed by atoms with Gasteiger partial charge in [0.2, 0.25) is 0 Å². The molecule has 0 aliphatic carbocycles. The van der Waals surface area contributed by atoms with Gasteiger partial charge < -0.3 is 11.1 Å². The number of aromatic nitrogens is 1. The number of nitrogens with zero attached hydrogens (tertiary/aromatic N) is 1. The second kappa shape index (κ2) is 5.82. The number of rotatable bonds is 5. The van der Waals surface area contributed by atoms with Crippen LogP contribution in [0.4, 0.5) is 5.82 Å². The molecule has 0 saturated heterocycles. The van der Waals surface area contributed by atoms with Crippen LogP contribution >= 0.6 is 11.6 Å². The van der Waals surface area contributed by atoms with Gasteiger partial charge in [-0.15, -0.1) is 0 Å². The van der Waals surface area contributed by atoms with Crippen LogP contribution in [-0.2, 0) is 0 Å². The van der Waals surface area contributed by atoms with Gasteiger partial charge in [0, 0.05) is 18.7 Å². The van der Waals surface area contributed by atoms with Crippen LogP contribution in [0.25, 0.3) is 0 Å². The van der Waals surface area contributed by atoms with Crippen molar-refractivity contribution in [1.82, 2.24) is 10.3 Å². The lowest BCUT2D eigenvalue weighted by atomic mass is 10.1. The van der Waals surface area contributed by atoms with Crippen molar-refractivity contribution < 1.29 is 4.79 Å². The van der Waals surface area contributed by atoms with E-state index in [0.717, 1.165) is 6.54 Å². The Morgan fingerprint density at radius 3 is 3.00 bits per heavy atom. The minimum Gasteiger partial charge on any atom is -0.383 e. The minimum absolute atomic E-state index is 0.0408. The van der Waals surface area contributed by atoms with Crippen molar-refractivity contribution in [2.45, 2.75) is 26.3 Å². The predicted octanol–water partition coefficient (Wildman–Crippen LogP) is 1.89. The second-order valence-electron chi connectivity index (χ2n) is 3.67. The number of ketones is 1. The quantitative estimate of drug-likeness (QED) is 0.773. The van der Waals surface area contributed by atoms with Crippen molar-refractivity contribution in [3.05, 3.63) is 22.8 Å². The number of hydrogen-bond acceptors (Lipinski definition) is 4. The molecule has 1 aromatic heterocycles. The summed E-state index contributed by atoms with van der Waals surface area (Å²) >= 11 is 5.77. The smallest absolute Gasteiger partial charge is 0.168 e. The number of nitrogens with two attached hydrogens (primary N) is 1. The zero-order chi connectivity index (χ0) is 12.1. The Morgan fingerprint density at radius 1 is 1.69 bits per heavy atom. The SMILES string of the molecule is CCNC(C)CC(=O)c1cc(Cl)cnc1N. The van der Waals surface area contributed by atoms with E-state index in [9.17, 15) is 4.79 Å². The van der Waals surface area contributed by atoms with Crippen LogP contribution < -0.4 is 11.1 Å². The summed E-state index contributed by atoms with van der Waals surface area (Å²) in [7, 11) is 0. The first kappa shape index (κ1) is 12.9. The lowest BCUT2D eigenvalue weighted by Gasteiger charge is -2.11. The van der Waals surface area contributed by atoms with E-state index in [1.54, 1.807) is 6.07 Å². The lowest BCUT2D eigenvalue weighted by molar-refractivity contribution is 0.0972. The highest BCUT2D eigenvalue weighted by molar-refractivity contribution is 6.31. The van der Waals surface area contributed by atoms with E-state index in [-0.39, 0.29) is 17.6 Å². The van der Waals surface area contributed by atoms with Crippen molar-refractivity contribution in [2.24, 2.45) is 0 Å². The Kier molecular flexibility index (Phi) is 4.71. The molecule has 0 fully saturated rings. The molecule has 0 amide bonds. The maximum atomic E-state index is 11.9. The molecule has 0 aliphatic rings. The number of carbonyl (C=O) groups excluding carboxylic acids is 1. The second-order valence-corrected chi connectivity index (χ2v) is 4.11. The summed E-state index contributed by atoms with van der Waals surface area (Å²) in [5.41, 5.74) is 6.03. The molecule has 0 aliphatic heterocycles. The zero-order valence-corrected chi connectivity index (χ0v) is 10.2. The van der Waals surface area contributed by atoms with Crippen molar-refractivity contribution in [1.29, 1.82) is 0 Å². The van der Waals surface area contributed by atoms with E-state index in [2.05, 4.69) is 10.3 Å². The molecule has 88 valence electrons. The van der Waals surface area contributed by atoms with E-state index in [4.69, 9.17) is 17.3 Å². The highest BCUT2D eigenvalue weighted by Crippen LogP contribution is 2.17. The third-order valence-corrected chi connectivity index (χ3v) is 2.44. The summed E-state index contributed by atoms with van der Waals surface area (Å²) in [4.78, 5) is 15.7. The maximum Gasteiger partial charge on any atom is 0.168 e. The molecule has 1 unspecified atom stereocenters. The van der Waals surface area contributed by atoms with Gasteiger partial charge in [-0.2, -0.15) is 0 Å². The molecule has 3 N–H and O–H groups in total. The topological polar surface area (TPSA) is 68.0 Å². The average molecular weight is 242 g/mol. The van der Waals surface area contributed by atoms with Crippen molar-refractivity contribution in [2.75, 3.05) is 12.3 Å². The number of hydrogen-bond donors (Lipinski definition) is 2. The predicted molar refractivity (Wildman–Crippen MR) is 65.7 cm³/mol. The lowest BCUT2D eigenvalue weighted by Crippen LogP contribution is -2.28. The Balaban J connectivity index is 2.76. The summed E-state index contributed by atoms with van der Waals surface area (Å²) in [6.45, 7) is 4.78.